The molecule has 0 saturated heterocycles. The first-order valence-corrected chi connectivity index (χ1v) is 4.53. The quantitative estimate of drug-likeness (QED) is 0.508. The summed E-state index contributed by atoms with van der Waals surface area (Å²) in [5, 5.41) is 0. The first-order chi connectivity index (χ1) is 5.77. The summed E-state index contributed by atoms with van der Waals surface area (Å²) in [7, 11) is 0. The van der Waals surface area contributed by atoms with Crippen molar-refractivity contribution >= 4 is 0 Å². The lowest BCUT2D eigenvalue weighted by Gasteiger charge is -2.17. The van der Waals surface area contributed by atoms with Crippen LogP contribution in [0.2, 0.25) is 0 Å². The summed E-state index contributed by atoms with van der Waals surface area (Å²) in [4.78, 5) is 0. The Hall–Kier alpha value is -1.04. The molecule has 0 radical (unpaired) electrons. The molecule has 0 nitrogen and oxygen atoms in total. The lowest BCUT2D eigenvalue weighted by atomic mass is 9.88. The molecule has 1 aliphatic carbocycles. The Kier molecular flexibility index (Phi) is 1.76. The van der Waals surface area contributed by atoms with Crippen molar-refractivity contribution in [3.8, 4) is 0 Å². The lowest BCUT2D eigenvalue weighted by Crippen LogP contribution is -2.01. The Labute approximate surface area is 73.9 Å². The molecule has 0 heterocycles. The van der Waals surface area contributed by atoms with Crippen molar-refractivity contribution in [2.24, 2.45) is 0 Å². The van der Waals surface area contributed by atoms with Gasteiger partial charge in [0, 0.05) is 0 Å². The Morgan fingerprint density at radius 2 is 2.17 bits per heavy atom. The van der Waals surface area contributed by atoms with Gasteiger partial charge in [0.2, 0.25) is 0 Å². The van der Waals surface area contributed by atoms with Crippen LogP contribution in [0.4, 0.5) is 0 Å². The summed E-state index contributed by atoms with van der Waals surface area (Å²) < 4.78 is 0. The van der Waals surface area contributed by atoms with Crippen LogP contribution in [0.25, 0.3) is 0 Å². The molecule has 0 saturated carbocycles. The molecule has 0 bridgehead atoms. The highest BCUT2D eigenvalue weighted by Crippen LogP contribution is 2.26. The normalized spacial score (nSPS) is 20.7. The van der Waals surface area contributed by atoms with Gasteiger partial charge < -0.3 is 0 Å². The number of rotatable bonds is 0. The molecule has 1 aromatic carbocycles. The maximum Gasteiger partial charge on any atom is -0.000748 e. The van der Waals surface area contributed by atoms with Gasteiger partial charge in [-0.25, -0.2) is 0 Å². The predicted molar refractivity (Wildman–Crippen MR) is 52.4 cm³/mol. The van der Waals surface area contributed by atoms with E-state index >= 15 is 0 Å². The molecule has 1 unspecified atom stereocenters. The van der Waals surface area contributed by atoms with Crippen molar-refractivity contribution in [3.63, 3.8) is 0 Å². The second-order valence-corrected chi connectivity index (χ2v) is 3.62. The molecule has 62 valence electrons. The molecule has 1 aromatic rings. The molecular weight excluding hydrogens is 144 g/mol. The number of hydrogen-bond donors (Lipinski definition) is 0. The van der Waals surface area contributed by atoms with E-state index in [9.17, 15) is 0 Å². The summed E-state index contributed by atoms with van der Waals surface area (Å²) >= 11 is 0. The van der Waals surface area contributed by atoms with E-state index < -0.39 is 0 Å². The van der Waals surface area contributed by atoms with Crippen molar-refractivity contribution in [3.05, 3.63) is 47.0 Å². The monoisotopic (exact) mass is 158 g/mol. The zero-order valence-corrected chi connectivity index (χ0v) is 7.67. The fourth-order valence-electron chi connectivity index (χ4n) is 1.86. The summed E-state index contributed by atoms with van der Waals surface area (Å²) in [6, 6.07) is 6.77. The van der Waals surface area contributed by atoms with Gasteiger partial charge in [0.05, 0.1) is 0 Å². The SMILES string of the molecule is Cc1ccc2c(c1)CC=CC2C. The average Bonchev–Trinajstić information content (AvgIpc) is 2.04. The molecule has 12 heavy (non-hydrogen) atoms. The van der Waals surface area contributed by atoms with Crippen molar-refractivity contribution in [2.75, 3.05) is 0 Å². The average molecular weight is 158 g/mol. The highest BCUT2D eigenvalue weighted by atomic mass is 14.1. The van der Waals surface area contributed by atoms with E-state index in [1.54, 1.807) is 0 Å². The van der Waals surface area contributed by atoms with Gasteiger partial charge in [-0.3, -0.25) is 0 Å². The third-order valence-electron chi connectivity index (χ3n) is 2.55. The number of allylic oxidation sites excluding steroid dienone is 2. The molecule has 0 spiro atoms. The van der Waals surface area contributed by atoms with Crippen LogP contribution in [0.1, 0.15) is 29.5 Å². The van der Waals surface area contributed by atoms with Gasteiger partial charge in [-0.05, 0) is 30.4 Å². The third-order valence-corrected chi connectivity index (χ3v) is 2.55. The zero-order chi connectivity index (χ0) is 8.55. The maximum absolute atomic E-state index is 2.30. The van der Waals surface area contributed by atoms with E-state index in [-0.39, 0.29) is 0 Å². The summed E-state index contributed by atoms with van der Waals surface area (Å²) in [5.41, 5.74) is 4.38. The van der Waals surface area contributed by atoms with E-state index in [4.69, 9.17) is 0 Å². The first kappa shape index (κ1) is 7.60. The van der Waals surface area contributed by atoms with Crippen molar-refractivity contribution < 1.29 is 0 Å². The van der Waals surface area contributed by atoms with Gasteiger partial charge in [-0.2, -0.15) is 0 Å². The lowest BCUT2D eigenvalue weighted by molar-refractivity contribution is 0.906. The van der Waals surface area contributed by atoms with Crippen LogP contribution < -0.4 is 0 Å². The first-order valence-electron chi connectivity index (χ1n) is 4.53. The van der Waals surface area contributed by atoms with E-state index in [0.29, 0.717) is 5.92 Å². The van der Waals surface area contributed by atoms with E-state index in [0.717, 1.165) is 6.42 Å². The molecule has 0 fully saturated rings. The molecule has 2 rings (SSSR count). The minimum atomic E-state index is 0.606. The van der Waals surface area contributed by atoms with Gasteiger partial charge >= 0.3 is 0 Å². The molecule has 1 atom stereocenters. The van der Waals surface area contributed by atoms with E-state index in [2.05, 4.69) is 44.2 Å². The van der Waals surface area contributed by atoms with Crippen LogP contribution in [0.5, 0.6) is 0 Å². The Morgan fingerprint density at radius 3 is 3.00 bits per heavy atom. The summed E-state index contributed by atoms with van der Waals surface area (Å²) in [6.07, 6.45) is 5.67. The second-order valence-electron chi connectivity index (χ2n) is 3.62. The predicted octanol–water partition coefficient (Wildman–Crippen LogP) is 3.21. The van der Waals surface area contributed by atoms with Crippen molar-refractivity contribution in [2.45, 2.75) is 26.2 Å². The van der Waals surface area contributed by atoms with Crippen molar-refractivity contribution in [1.82, 2.24) is 0 Å². The molecule has 0 aromatic heterocycles. The van der Waals surface area contributed by atoms with Crippen molar-refractivity contribution in [1.29, 1.82) is 0 Å². The van der Waals surface area contributed by atoms with Crippen LogP contribution in [0.3, 0.4) is 0 Å². The van der Waals surface area contributed by atoms with Gasteiger partial charge in [-0.1, -0.05) is 42.8 Å². The standard InChI is InChI=1S/C12H14/c1-9-6-7-12-10(2)4-3-5-11(12)8-9/h3-4,6-8,10H,5H2,1-2H3. The van der Waals surface area contributed by atoms with Gasteiger partial charge in [0.1, 0.15) is 0 Å². The van der Waals surface area contributed by atoms with Crippen LogP contribution in [-0.2, 0) is 6.42 Å². The molecule has 0 N–H and O–H groups in total. The topological polar surface area (TPSA) is 0 Å². The fraction of sp³-hybridized carbons (Fsp3) is 0.333. The third kappa shape index (κ3) is 1.18. The molecule has 0 aliphatic heterocycles. The number of aryl methyl sites for hydroxylation is 1. The zero-order valence-electron chi connectivity index (χ0n) is 7.67. The number of fused-ring (bicyclic) bond motifs is 1. The highest BCUT2D eigenvalue weighted by molar-refractivity contribution is 5.39. The largest absolute Gasteiger partial charge is 0.0835 e. The van der Waals surface area contributed by atoms with E-state index in [1.165, 1.54) is 16.7 Å². The minimum Gasteiger partial charge on any atom is -0.0835 e. The molecule has 1 aliphatic rings. The van der Waals surface area contributed by atoms with Crippen LogP contribution >= 0.6 is 0 Å². The van der Waals surface area contributed by atoms with Gasteiger partial charge in [-0.15, -0.1) is 0 Å². The Balaban J connectivity index is 2.51. The molecule has 0 heteroatoms. The summed E-state index contributed by atoms with van der Waals surface area (Å²) in [6.45, 7) is 4.41. The highest BCUT2D eigenvalue weighted by Gasteiger charge is 2.10. The molecule has 0 amide bonds. The number of benzene rings is 1. The number of hydrogen-bond acceptors (Lipinski definition) is 0. The fourth-order valence-corrected chi connectivity index (χ4v) is 1.86. The summed E-state index contributed by atoms with van der Waals surface area (Å²) in [5.74, 6) is 0.606. The molecular formula is C12H14. The van der Waals surface area contributed by atoms with Gasteiger partial charge in [0.15, 0.2) is 0 Å². The smallest absolute Gasteiger partial charge is 0.000748 e. The maximum atomic E-state index is 2.30. The second kappa shape index (κ2) is 2.78. The van der Waals surface area contributed by atoms with Crippen LogP contribution in [0.15, 0.2) is 30.4 Å². The minimum absolute atomic E-state index is 0.606. The van der Waals surface area contributed by atoms with E-state index in [1.807, 2.05) is 0 Å². The van der Waals surface area contributed by atoms with Gasteiger partial charge in [0.25, 0.3) is 0 Å². The van der Waals surface area contributed by atoms with Crippen LogP contribution in [-0.4, -0.2) is 0 Å². The van der Waals surface area contributed by atoms with Crippen LogP contribution in [0, 0.1) is 6.92 Å². The Bertz CT molecular complexity index is 321. The Morgan fingerprint density at radius 1 is 1.33 bits per heavy atom.